The first-order chi connectivity index (χ1) is 6.56. The molecule has 0 saturated heterocycles. The van der Waals surface area contributed by atoms with Crippen molar-refractivity contribution in [2.45, 2.75) is 40.2 Å². The lowest BCUT2D eigenvalue weighted by atomic mass is 10.0. The van der Waals surface area contributed by atoms with Crippen molar-refractivity contribution >= 4 is 0 Å². The van der Waals surface area contributed by atoms with Gasteiger partial charge in [0.25, 0.3) is 0 Å². The fraction of sp³-hybridized carbons (Fsp3) is 0.583. The fourth-order valence-electron chi connectivity index (χ4n) is 0.970. The molecule has 0 fully saturated rings. The molecule has 0 spiro atoms. The van der Waals surface area contributed by atoms with E-state index in [4.69, 9.17) is 4.74 Å². The second kappa shape index (κ2) is 5.76. The van der Waals surface area contributed by atoms with Gasteiger partial charge in [-0.25, -0.2) is 0 Å². The Labute approximate surface area is 87.3 Å². The zero-order valence-electron chi connectivity index (χ0n) is 10.1. The van der Waals surface area contributed by atoms with E-state index in [1.54, 1.807) is 7.11 Å². The SMILES string of the molecule is CC.COC(C)(C)c1cc(C)ccn1. The Balaban J connectivity index is 0.000000791. The predicted octanol–water partition coefficient (Wildman–Crippen LogP) is 3.30. The summed E-state index contributed by atoms with van der Waals surface area (Å²) in [5.74, 6) is 0. The fourth-order valence-corrected chi connectivity index (χ4v) is 0.970. The number of ether oxygens (including phenoxy) is 1. The lowest BCUT2D eigenvalue weighted by Gasteiger charge is -2.22. The van der Waals surface area contributed by atoms with Crippen LogP contribution in [0.2, 0.25) is 0 Å². The molecule has 0 aliphatic heterocycles. The highest BCUT2D eigenvalue weighted by Gasteiger charge is 2.20. The molecule has 2 nitrogen and oxygen atoms in total. The summed E-state index contributed by atoms with van der Waals surface area (Å²) in [7, 11) is 1.70. The van der Waals surface area contributed by atoms with E-state index in [1.807, 2.05) is 46.0 Å². The van der Waals surface area contributed by atoms with Crippen LogP contribution in [0.15, 0.2) is 18.3 Å². The number of pyridine rings is 1. The molecule has 0 aromatic carbocycles. The molecule has 14 heavy (non-hydrogen) atoms. The van der Waals surface area contributed by atoms with Gasteiger partial charge in [0.1, 0.15) is 5.60 Å². The highest BCUT2D eigenvalue weighted by Crippen LogP contribution is 2.21. The van der Waals surface area contributed by atoms with Crippen LogP contribution in [-0.4, -0.2) is 12.1 Å². The quantitative estimate of drug-likeness (QED) is 0.722. The molecule has 0 aliphatic rings. The van der Waals surface area contributed by atoms with E-state index in [2.05, 4.69) is 11.9 Å². The molecule has 0 unspecified atom stereocenters. The summed E-state index contributed by atoms with van der Waals surface area (Å²) >= 11 is 0. The lowest BCUT2D eigenvalue weighted by molar-refractivity contribution is 0.0154. The Morgan fingerprint density at radius 3 is 2.29 bits per heavy atom. The minimum atomic E-state index is -0.286. The van der Waals surface area contributed by atoms with Crippen LogP contribution in [0.4, 0.5) is 0 Å². The summed E-state index contributed by atoms with van der Waals surface area (Å²) in [4.78, 5) is 4.26. The van der Waals surface area contributed by atoms with Crippen LogP contribution in [0.1, 0.15) is 39.0 Å². The van der Waals surface area contributed by atoms with Crippen molar-refractivity contribution in [2.24, 2.45) is 0 Å². The smallest absolute Gasteiger partial charge is 0.104 e. The van der Waals surface area contributed by atoms with Crippen molar-refractivity contribution in [1.82, 2.24) is 4.98 Å². The van der Waals surface area contributed by atoms with Gasteiger partial charge < -0.3 is 4.74 Å². The third-order valence-electron chi connectivity index (χ3n) is 2.04. The molecule has 2 heteroatoms. The molecule has 1 aromatic heterocycles. The highest BCUT2D eigenvalue weighted by atomic mass is 16.5. The Hall–Kier alpha value is -0.890. The first-order valence-electron chi connectivity index (χ1n) is 5.04. The summed E-state index contributed by atoms with van der Waals surface area (Å²) in [5, 5.41) is 0. The summed E-state index contributed by atoms with van der Waals surface area (Å²) in [5.41, 5.74) is 1.90. The molecule has 80 valence electrons. The number of aromatic nitrogens is 1. The van der Waals surface area contributed by atoms with E-state index >= 15 is 0 Å². The Bertz CT molecular complexity index is 269. The number of hydrogen-bond donors (Lipinski definition) is 0. The first kappa shape index (κ1) is 13.1. The van der Waals surface area contributed by atoms with Gasteiger partial charge in [-0.1, -0.05) is 13.8 Å². The van der Waals surface area contributed by atoms with Crippen LogP contribution in [0.3, 0.4) is 0 Å². The molecule has 0 atom stereocenters. The maximum Gasteiger partial charge on any atom is 0.104 e. The van der Waals surface area contributed by atoms with E-state index in [-0.39, 0.29) is 5.60 Å². The molecule has 0 aliphatic carbocycles. The minimum Gasteiger partial charge on any atom is -0.373 e. The third-order valence-corrected chi connectivity index (χ3v) is 2.04. The topological polar surface area (TPSA) is 22.1 Å². The van der Waals surface area contributed by atoms with E-state index in [0.717, 1.165) is 5.69 Å². The molecule has 0 N–H and O–H groups in total. The van der Waals surface area contributed by atoms with Crippen LogP contribution >= 0.6 is 0 Å². The number of nitrogens with zero attached hydrogens (tertiary/aromatic N) is 1. The molecule has 0 saturated carbocycles. The zero-order chi connectivity index (χ0) is 11.2. The number of hydrogen-bond acceptors (Lipinski definition) is 2. The van der Waals surface area contributed by atoms with E-state index in [1.165, 1.54) is 5.56 Å². The van der Waals surface area contributed by atoms with E-state index in [9.17, 15) is 0 Å². The first-order valence-corrected chi connectivity index (χ1v) is 5.04. The van der Waals surface area contributed by atoms with E-state index < -0.39 is 0 Å². The monoisotopic (exact) mass is 195 g/mol. The Morgan fingerprint density at radius 1 is 1.29 bits per heavy atom. The standard InChI is InChI=1S/C10H15NO.C2H6/c1-8-5-6-11-9(7-8)10(2,3)12-4;1-2/h5-7H,1-4H3;1-2H3. The van der Waals surface area contributed by atoms with Crippen molar-refractivity contribution in [3.8, 4) is 0 Å². The molecule has 1 rings (SSSR count). The summed E-state index contributed by atoms with van der Waals surface area (Å²) in [6.45, 7) is 10.1. The average Bonchev–Trinajstić information content (AvgIpc) is 2.21. The van der Waals surface area contributed by atoms with E-state index in [0.29, 0.717) is 0 Å². The molecular formula is C12H21NO. The normalized spacial score (nSPS) is 10.4. The molecule has 1 heterocycles. The van der Waals surface area contributed by atoms with Crippen molar-refractivity contribution < 1.29 is 4.74 Å². The van der Waals surface area contributed by atoms with Crippen molar-refractivity contribution in [1.29, 1.82) is 0 Å². The second-order valence-corrected chi connectivity index (χ2v) is 3.43. The molecule has 0 amide bonds. The number of aryl methyl sites for hydroxylation is 1. The predicted molar refractivity (Wildman–Crippen MR) is 60.4 cm³/mol. The van der Waals surface area contributed by atoms with Gasteiger partial charge in [0, 0.05) is 13.3 Å². The minimum absolute atomic E-state index is 0.286. The van der Waals surface area contributed by atoms with Crippen LogP contribution in [0, 0.1) is 6.92 Å². The van der Waals surface area contributed by atoms with Gasteiger partial charge in [-0.2, -0.15) is 0 Å². The zero-order valence-corrected chi connectivity index (χ0v) is 10.1. The van der Waals surface area contributed by atoms with Crippen molar-refractivity contribution in [2.75, 3.05) is 7.11 Å². The highest BCUT2D eigenvalue weighted by molar-refractivity contribution is 5.18. The van der Waals surface area contributed by atoms with Gasteiger partial charge in [-0.05, 0) is 38.5 Å². The molecule has 0 bridgehead atoms. The summed E-state index contributed by atoms with van der Waals surface area (Å²) < 4.78 is 5.32. The van der Waals surface area contributed by atoms with Gasteiger partial charge in [-0.3, -0.25) is 4.98 Å². The molecule has 1 aromatic rings. The largest absolute Gasteiger partial charge is 0.373 e. The van der Waals surface area contributed by atoms with Crippen molar-refractivity contribution in [3.63, 3.8) is 0 Å². The summed E-state index contributed by atoms with van der Waals surface area (Å²) in [6.07, 6.45) is 1.81. The van der Waals surface area contributed by atoms with Gasteiger partial charge in [0.05, 0.1) is 5.69 Å². The third kappa shape index (κ3) is 3.46. The maximum absolute atomic E-state index is 5.32. The lowest BCUT2D eigenvalue weighted by Crippen LogP contribution is -2.20. The molecular weight excluding hydrogens is 174 g/mol. The average molecular weight is 195 g/mol. The van der Waals surface area contributed by atoms with Crippen LogP contribution in [-0.2, 0) is 10.3 Å². The Morgan fingerprint density at radius 2 is 1.86 bits per heavy atom. The molecule has 0 radical (unpaired) electrons. The van der Waals surface area contributed by atoms with Crippen LogP contribution < -0.4 is 0 Å². The number of methoxy groups -OCH3 is 1. The van der Waals surface area contributed by atoms with Gasteiger partial charge >= 0.3 is 0 Å². The maximum atomic E-state index is 5.32. The number of rotatable bonds is 2. The van der Waals surface area contributed by atoms with Crippen LogP contribution in [0.5, 0.6) is 0 Å². The van der Waals surface area contributed by atoms with Gasteiger partial charge in [0.2, 0.25) is 0 Å². The Kier molecular flexibility index (Phi) is 5.39. The van der Waals surface area contributed by atoms with Crippen molar-refractivity contribution in [3.05, 3.63) is 29.6 Å². The summed E-state index contributed by atoms with van der Waals surface area (Å²) in [6, 6.07) is 4.03. The van der Waals surface area contributed by atoms with Crippen LogP contribution in [0.25, 0.3) is 0 Å². The van der Waals surface area contributed by atoms with Gasteiger partial charge in [-0.15, -0.1) is 0 Å². The second-order valence-electron chi connectivity index (χ2n) is 3.43. The van der Waals surface area contributed by atoms with Gasteiger partial charge in [0.15, 0.2) is 0 Å².